The molecule has 314 valence electrons. The summed E-state index contributed by atoms with van der Waals surface area (Å²) in [5.74, 6) is 0.435. The summed E-state index contributed by atoms with van der Waals surface area (Å²) < 4.78 is 37.8. The van der Waals surface area contributed by atoms with Crippen molar-refractivity contribution in [1.29, 1.82) is 0 Å². The minimum atomic E-state index is -4.15. The summed E-state index contributed by atoms with van der Waals surface area (Å²) in [4.78, 5) is 51.6. The van der Waals surface area contributed by atoms with Crippen LogP contribution in [0.3, 0.4) is 0 Å². The number of amides is 3. The molecule has 0 saturated carbocycles. The molecule has 3 amide bonds. The molecule has 0 radical (unpaired) electrons. The monoisotopic (exact) mass is 828 g/mol. The molecular weight excluding hydrogens is 777 g/mol. The van der Waals surface area contributed by atoms with Gasteiger partial charge in [0.15, 0.2) is 0 Å². The van der Waals surface area contributed by atoms with E-state index in [1.54, 1.807) is 45.2 Å². The molecular formula is C41H52N10O7S. The number of sulfonamides is 1. The molecule has 0 aliphatic rings. The molecule has 0 bridgehead atoms. The highest BCUT2D eigenvalue weighted by Crippen LogP contribution is 2.31. The third-order valence-electron chi connectivity index (χ3n) is 9.89. The van der Waals surface area contributed by atoms with Crippen LogP contribution in [-0.2, 0) is 37.9 Å². The van der Waals surface area contributed by atoms with Crippen LogP contribution >= 0.6 is 0 Å². The molecule has 0 saturated heterocycles. The molecule has 2 heterocycles. The van der Waals surface area contributed by atoms with Gasteiger partial charge in [-0.15, -0.1) is 0 Å². The molecule has 0 spiro atoms. The number of fused-ring (bicyclic) bond motifs is 1. The second-order valence-corrected chi connectivity index (χ2v) is 15.7. The Morgan fingerprint density at radius 2 is 1.69 bits per heavy atom. The zero-order valence-electron chi connectivity index (χ0n) is 34.1. The number of anilines is 4. The average molecular weight is 829 g/mol. The number of methoxy groups -OCH3 is 1. The maximum Gasteiger partial charge on any atom is 0.421 e. The predicted octanol–water partition coefficient (Wildman–Crippen LogP) is 4.78. The van der Waals surface area contributed by atoms with Crippen molar-refractivity contribution in [2.75, 3.05) is 30.5 Å². The highest BCUT2D eigenvalue weighted by molar-refractivity contribution is 7.89. The first kappa shape index (κ1) is 44.0. The van der Waals surface area contributed by atoms with Gasteiger partial charge in [0.05, 0.1) is 23.2 Å². The van der Waals surface area contributed by atoms with E-state index in [1.165, 1.54) is 18.3 Å². The van der Waals surface area contributed by atoms with E-state index in [-0.39, 0.29) is 54.3 Å². The van der Waals surface area contributed by atoms with Crippen LogP contribution in [0.4, 0.5) is 27.9 Å². The summed E-state index contributed by atoms with van der Waals surface area (Å²) in [6.07, 6.45) is 1.80. The van der Waals surface area contributed by atoms with Crippen LogP contribution in [0.2, 0.25) is 0 Å². The molecule has 17 nitrogen and oxygen atoms in total. The molecule has 5 aromatic rings. The number of carbonyl (C=O) groups is 3. The third kappa shape index (κ3) is 11.3. The number of unbranched alkanes of at least 4 members (excludes halogenated alkanes) is 1. The summed E-state index contributed by atoms with van der Waals surface area (Å²) in [6, 6.07) is 18.4. The number of rotatable bonds is 18. The van der Waals surface area contributed by atoms with Gasteiger partial charge in [-0.3, -0.25) is 14.3 Å². The number of nitrogens with two attached hydrogens (primary N) is 2. The highest BCUT2D eigenvalue weighted by Gasteiger charge is 2.27. The molecule has 6 N–H and O–H groups in total. The summed E-state index contributed by atoms with van der Waals surface area (Å²) >= 11 is 0. The summed E-state index contributed by atoms with van der Waals surface area (Å²) in [5, 5.41) is 16.8. The van der Waals surface area contributed by atoms with Crippen LogP contribution in [0.15, 0.2) is 77.8 Å². The van der Waals surface area contributed by atoms with E-state index in [0.29, 0.717) is 36.4 Å². The van der Waals surface area contributed by atoms with Crippen LogP contribution < -0.4 is 36.0 Å². The van der Waals surface area contributed by atoms with Crippen molar-refractivity contribution >= 4 is 62.0 Å². The molecule has 2 aromatic heterocycles. The van der Waals surface area contributed by atoms with E-state index in [2.05, 4.69) is 20.7 Å². The topological polar surface area (TPSA) is 230 Å². The highest BCUT2D eigenvalue weighted by atomic mass is 32.2. The van der Waals surface area contributed by atoms with Gasteiger partial charge in [0.25, 0.3) is 0 Å². The van der Waals surface area contributed by atoms with Gasteiger partial charge in [0.2, 0.25) is 27.8 Å². The molecule has 2 atom stereocenters. The van der Waals surface area contributed by atoms with E-state index in [0.717, 1.165) is 32.7 Å². The average Bonchev–Trinajstić information content (AvgIpc) is 3.50. The van der Waals surface area contributed by atoms with Gasteiger partial charge in [-0.2, -0.15) is 10.1 Å². The summed E-state index contributed by atoms with van der Waals surface area (Å²) in [6.45, 7) is 5.79. The number of aromatic nitrogens is 4. The zero-order chi connectivity index (χ0) is 42.9. The molecule has 59 heavy (non-hydrogen) atoms. The lowest BCUT2D eigenvalue weighted by molar-refractivity contribution is -0.129. The van der Waals surface area contributed by atoms with E-state index in [4.69, 9.17) is 25.3 Å². The Balaban J connectivity index is 1.24. The maximum atomic E-state index is 14.0. The SMILES string of the molecule is COc1ccc(CNC(=O)[C@H](CCN)NC(=O)CCCCC(C)OC(=O)N(c2ccc(C)c(S(N)(=O)=O)c2)c2nccc(N(C)c3ccc4c(C)n(C)nc4c3)n2)cc1. The molecule has 0 aliphatic heterocycles. The molecule has 0 fully saturated rings. The molecule has 18 heteroatoms. The number of aryl methyl sites for hydroxylation is 3. The first-order valence-corrected chi connectivity index (χ1v) is 20.7. The van der Waals surface area contributed by atoms with E-state index < -0.39 is 28.3 Å². The van der Waals surface area contributed by atoms with Gasteiger partial charge in [0.1, 0.15) is 23.7 Å². The fourth-order valence-corrected chi connectivity index (χ4v) is 7.19. The van der Waals surface area contributed by atoms with Crippen LogP contribution in [0.5, 0.6) is 5.75 Å². The van der Waals surface area contributed by atoms with E-state index >= 15 is 0 Å². The number of carbonyl (C=O) groups excluding carboxylic acids is 3. The number of hydrogen-bond donors (Lipinski definition) is 4. The van der Waals surface area contributed by atoms with Crippen molar-refractivity contribution in [3.8, 4) is 5.75 Å². The second-order valence-electron chi connectivity index (χ2n) is 14.2. The first-order valence-electron chi connectivity index (χ1n) is 19.1. The number of ether oxygens (including phenoxy) is 2. The number of benzene rings is 3. The first-order chi connectivity index (χ1) is 28.1. The number of nitrogens with one attached hydrogen (secondary N) is 2. The Bertz CT molecular complexity index is 2390. The third-order valence-corrected chi connectivity index (χ3v) is 10.9. The van der Waals surface area contributed by atoms with Gasteiger partial charge < -0.3 is 30.7 Å². The minimum absolute atomic E-state index is 0.0673. The lowest BCUT2D eigenvalue weighted by Gasteiger charge is -2.25. The number of hydrogen-bond acceptors (Lipinski definition) is 12. The quantitative estimate of drug-likeness (QED) is 0.0875. The van der Waals surface area contributed by atoms with Gasteiger partial charge in [-0.05, 0) is 113 Å². The Morgan fingerprint density at radius 1 is 0.966 bits per heavy atom. The van der Waals surface area contributed by atoms with Crippen LogP contribution in [-0.4, -0.2) is 78.9 Å². The van der Waals surface area contributed by atoms with Crippen LogP contribution in [0.1, 0.15) is 55.8 Å². The van der Waals surface area contributed by atoms with Crippen molar-refractivity contribution < 1.29 is 32.3 Å². The largest absolute Gasteiger partial charge is 0.497 e. The Labute approximate surface area is 344 Å². The smallest absolute Gasteiger partial charge is 0.421 e. The zero-order valence-corrected chi connectivity index (χ0v) is 35.0. The Kier molecular flexibility index (Phi) is 14.6. The second kappa shape index (κ2) is 19.6. The Morgan fingerprint density at radius 3 is 2.39 bits per heavy atom. The lowest BCUT2D eigenvalue weighted by atomic mass is 10.1. The minimum Gasteiger partial charge on any atom is -0.497 e. The van der Waals surface area contributed by atoms with Gasteiger partial charge >= 0.3 is 6.09 Å². The fourth-order valence-electron chi connectivity index (χ4n) is 6.39. The molecule has 5 rings (SSSR count). The van der Waals surface area contributed by atoms with Crippen molar-refractivity contribution in [3.05, 3.63) is 89.7 Å². The number of primary sulfonamides is 1. The van der Waals surface area contributed by atoms with Crippen molar-refractivity contribution in [3.63, 3.8) is 0 Å². The Hall–Kier alpha value is -6.11. The fraction of sp³-hybridized carbons (Fsp3) is 0.366. The van der Waals surface area contributed by atoms with E-state index in [9.17, 15) is 22.8 Å². The van der Waals surface area contributed by atoms with Crippen molar-refractivity contribution in [2.45, 2.75) is 76.5 Å². The van der Waals surface area contributed by atoms with Crippen LogP contribution in [0.25, 0.3) is 10.9 Å². The molecule has 1 unspecified atom stereocenters. The van der Waals surface area contributed by atoms with Crippen LogP contribution in [0, 0.1) is 13.8 Å². The van der Waals surface area contributed by atoms with Gasteiger partial charge in [0, 0.05) is 50.0 Å². The number of nitrogens with zero attached hydrogens (tertiary/aromatic N) is 6. The van der Waals surface area contributed by atoms with Crippen molar-refractivity contribution in [2.24, 2.45) is 17.9 Å². The van der Waals surface area contributed by atoms with Gasteiger partial charge in [-0.25, -0.2) is 28.2 Å². The standard InChI is InChI=1S/C41H52N10O7S/c1-26-11-14-31(24-36(26)59(43,55)56)51(40-44-22-20-37(47-40)49(4)30-15-18-33-28(3)50(5)48-35(33)23-30)41(54)58-27(2)9-7-8-10-38(52)46-34(19-21-42)39(53)45-25-29-12-16-32(57-6)17-13-29/h11-18,20,22-24,27,34H,7-10,19,21,25,42H2,1-6H3,(H,45,53)(H,46,52)(H2,43,55,56)/t27?,34-/m0/s1. The predicted molar refractivity (Wildman–Crippen MR) is 225 cm³/mol. The van der Waals surface area contributed by atoms with Crippen molar-refractivity contribution in [1.82, 2.24) is 30.4 Å². The lowest BCUT2D eigenvalue weighted by Crippen LogP contribution is -2.47. The normalized spacial score (nSPS) is 12.4. The molecule has 3 aromatic carbocycles. The summed E-state index contributed by atoms with van der Waals surface area (Å²) in [5.41, 5.74) is 9.74. The molecule has 0 aliphatic carbocycles. The van der Waals surface area contributed by atoms with Gasteiger partial charge in [-0.1, -0.05) is 18.2 Å². The van der Waals surface area contributed by atoms with E-state index in [1.807, 2.05) is 60.9 Å². The summed E-state index contributed by atoms with van der Waals surface area (Å²) in [7, 11) is 1.12. The maximum absolute atomic E-state index is 14.0.